The molecule has 15 heavy (non-hydrogen) atoms. The van der Waals surface area contributed by atoms with Crippen molar-refractivity contribution in [2.75, 3.05) is 0 Å². The van der Waals surface area contributed by atoms with Crippen LogP contribution < -0.4 is 0 Å². The Labute approximate surface area is 95.7 Å². The van der Waals surface area contributed by atoms with E-state index in [1.54, 1.807) is 0 Å². The molecule has 0 fully saturated rings. The molecular formula is C15H26. The van der Waals surface area contributed by atoms with Crippen LogP contribution in [0.25, 0.3) is 0 Å². The van der Waals surface area contributed by atoms with Gasteiger partial charge in [0.2, 0.25) is 0 Å². The first-order valence-electron chi connectivity index (χ1n) is 6.24. The molecule has 0 unspecified atom stereocenters. The van der Waals surface area contributed by atoms with Crippen LogP contribution >= 0.6 is 0 Å². The van der Waals surface area contributed by atoms with Crippen LogP contribution in [0.5, 0.6) is 0 Å². The zero-order chi connectivity index (χ0) is 11.7. The van der Waals surface area contributed by atoms with Gasteiger partial charge in [-0.25, -0.2) is 0 Å². The second-order valence-corrected chi connectivity index (χ2v) is 4.27. The van der Waals surface area contributed by atoms with Gasteiger partial charge < -0.3 is 0 Å². The molecule has 1 rings (SSSR count). The Morgan fingerprint density at radius 1 is 1.00 bits per heavy atom. The Hall–Kier alpha value is -0.780. The van der Waals surface area contributed by atoms with E-state index in [1.807, 2.05) is 13.8 Å². The van der Waals surface area contributed by atoms with E-state index >= 15 is 0 Å². The second kappa shape index (κ2) is 8.52. The van der Waals surface area contributed by atoms with Gasteiger partial charge in [-0.2, -0.15) is 0 Å². The van der Waals surface area contributed by atoms with Crippen molar-refractivity contribution in [1.82, 2.24) is 0 Å². The molecule has 0 amide bonds. The summed E-state index contributed by atoms with van der Waals surface area (Å²) < 4.78 is 0. The normalized spacial score (nSPS) is 9.73. The molecule has 0 nitrogen and oxygen atoms in total. The predicted molar refractivity (Wildman–Crippen MR) is 70.3 cm³/mol. The molecule has 86 valence electrons. The molecule has 0 spiro atoms. The smallest absolute Gasteiger partial charge is 0.0279 e. The third kappa shape index (κ3) is 7.18. The lowest BCUT2D eigenvalue weighted by atomic mass is 10.0. The fraction of sp³-hybridized carbons (Fsp3) is 0.600. The van der Waals surface area contributed by atoms with Gasteiger partial charge in [-0.15, -0.1) is 0 Å². The standard InChI is InChI=1S/C13H20.C2H6/c1-11(2)5-4-6-13-9-7-12(3)8-10-13;1-2/h7-11H,4-6H2,1-3H3;1-2H3. The maximum absolute atomic E-state index is 2.29. The SMILES string of the molecule is CC.Cc1ccc(CCCC(C)C)cc1. The molecule has 1 aromatic carbocycles. The molecule has 0 aliphatic rings. The Bertz CT molecular complexity index is 231. The summed E-state index contributed by atoms with van der Waals surface area (Å²) in [7, 11) is 0. The lowest BCUT2D eigenvalue weighted by Gasteiger charge is -2.04. The molecule has 0 saturated heterocycles. The van der Waals surface area contributed by atoms with Gasteiger partial charge in [-0.3, -0.25) is 0 Å². The van der Waals surface area contributed by atoms with Crippen LogP contribution in [0.1, 0.15) is 51.7 Å². The molecule has 0 N–H and O–H groups in total. The molecule has 0 saturated carbocycles. The van der Waals surface area contributed by atoms with E-state index in [0.29, 0.717) is 0 Å². The predicted octanol–water partition coefficient (Wildman–Crippen LogP) is 5.00. The molecule has 0 aromatic heterocycles. The molecule has 0 bridgehead atoms. The van der Waals surface area contributed by atoms with Crippen LogP contribution in [0, 0.1) is 12.8 Å². The first-order chi connectivity index (χ1) is 7.18. The molecular weight excluding hydrogens is 180 g/mol. The summed E-state index contributed by atoms with van der Waals surface area (Å²) in [6.45, 7) is 10.7. The molecule has 0 radical (unpaired) electrons. The zero-order valence-electron chi connectivity index (χ0n) is 11.0. The quantitative estimate of drug-likeness (QED) is 0.650. The third-order valence-corrected chi connectivity index (χ3v) is 2.37. The maximum atomic E-state index is 2.29. The molecule has 0 atom stereocenters. The third-order valence-electron chi connectivity index (χ3n) is 2.37. The molecule has 0 heterocycles. The van der Waals surface area contributed by atoms with E-state index in [4.69, 9.17) is 0 Å². The first-order valence-corrected chi connectivity index (χ1v) is 6.24. The van der Waals surface area contributed by atoms with Crippen molar-refractivity contribution in [3.63, 3.8) is 0 Å². The fourth-order valence-electron chi connectivity index (χ4n) is 1.47. The van der Waals surface area contributed by atoms with Crippen molar-refractivity contribution in [2.45, 2.75) is 53.9 Å². The van der Waals surface area contributed by atoms with Crippen LogP contribution in [0.3, 0.4) is 0 Å². The van der Waals surface area contributed by atoms with Gasteiger partial charge >= 0.3 is 0 Å². The van der Waals surface area contributed by atoms with Gasteiger partial charge in [-0.05, 0) is 31.2 Å². The Balaban J connectivity index is 0.000000921. The van der Waals surface area contributed by atoms with Crippen LogP contribution in [0.2, 0.25) is 0 Å². The van der Waals surface area contributed by atoms with Crippen molar-refractivity contribution in [2.24, 2.45) is 5.92 Å². The van der Waals surface area contributed by atoms with E-state index in [1.165, 1.54) is 30.4 Å². The maximum Gasteiger partial charge on any atom is -0.0279 e. The number of hydrogen-bond donors (Lipinski definition) is 0. The van der Waals surface area contributed by atoms with Crippen LogP contribution in [0.15, 0.2) is 24.3 Å². The summed E-state index contributed by atoms with van der Waals surface area (Å²) in [6.07, 6.45) is 3.90. The Morgan fingerprint density at radius 3 is 2.00 bits per heavy atom. The zero-order valence-corrected chi connectivity index (χ0v) is 11.0. The number of hydrogen-bond acceptors (Lipinski definition) is 0. The summed E-state index contributed by atoms with van der Waals surface area (Å²) in [5, 5.41) is 0. The van der Waals surface area contributed by atoms with Gasteiger partial charge in [0.05, 0.1) is 0 Å². The van der Waals surface area contributed by atoms with Gasteiger partial charge in [0.1, 0.15) is 0 Å². The van der Waals surface area contributed by atoms with E-state index in [-0.39, 0.29) is 0 Å². The monoisotopic (exact) mass is 206 g/mol. The highest BCUT2D eigenvalue weighted by Crippen LogP contribution is 2.10. The highest BCUT2D eigenvalue weighted by Gasteiger charge is 1.95. The minimum atomic E-state index is 0.838. The van der Waals surface area contributed by atoms with Crippen LogP contribution in [-0.2, 0) is 6.42 Å². The van der Waals surface area contributed by atoms with Crippen molar-refractivity contribution in [1.29, 1.82) is 0 Å². The largest absolute Gasteiger partial charge is 0.0683 e. The van der Waals surface area contributed by atoms with Gasteiger partial charge in [0, 0.05) is 0 Å². The summed E-state index contributed by atoms with van der Waals surface area (Å²) in [5.74, 6) is 0.838. The summed E-state index contributed by atoms with van der Waals surface area (Å²) in [4.78, 5) is 0. The minimum absolute atomic E-state index is 0.838. The average molecular weight is 206 g/mol. The minimum Gasteiger partial charge on any atom is -0.0683 e. The highest BCUT2D eigenvalue weighted by atomic mass is 14.0. The van der Waals surface area contributed by atoms with Crippen LogP contribution in [-0.4, -0.2) is 0 Å². The van der Waals surface area contributed by atoms with Crippen molar-refractivity contribution in [3.8, 4) is 0 Å². The summed E-state index contributed by atoms with van der Waals surface area (Å²) >= 11 is 0. The van der Waals surface area contributed by atoms with E-state index in [2.05, 4.69) is 45.0 Å². The van der Waals surface area contributed by atoms with Crippen molar-refractivity contribution < 1.29 is 0 Å². The molecule has 0 heteroatoms. The number of rotatable bonds is 4. The van der Waals surface area contributed by atoms with Gasteiger partial charge in [0.25, 0.3) is 0 Å². The topological polar surface area (TPSA) is 0 Å². The van der Waals surface area contributed by atoms with E-state index < -0.39 is 0 Å². The Morgan fingerprint density at radius 2 is 1.53 bits per heavy atom. The fourth-order valence-corrected chi connectivity index (χ4v) is 1.47. The molecule has 1 aromatic rings. The lowest BCUT2D eigenvalue weighted by Crippen LogP contribution is -1.90. The van der Waals surface area contributed by atoms with E-state index in [0.717, 1.165) is 5.92 Å². The summed E-state index contributed by atoms with van der Waals surface area (Å²) in [5.41, 5.74) is 2.83. The van der Waals surface area contributed by atoms with Crippen molar-refractivity contribution in [3.05, 3.63) is 35.4 Å². The number of benzene rings is 1. The van der Waals surface area contributed by atoms with E-state index in [9.17, 15) is 0 Å². The summed E-state index contributed by atoms with van der Waals surface area (Å²) in [6, 6.07) is 8.89. The highest BCUT2D eigenvalue weighted by molar-refractivity contribution is 5.21. The molecule has 0 aliphatic heterocycles. The van der Waals surface area contributed by atoms with Crippen molar-refractivity contribution >= 4 is 0 Å². The second-order valence-electron chi connectivity index (χ2n) is 4.27. The van der Waals surface area contributed by atoms with Crippen LogP contribution in [0.4, 0.5) is 0 Å². The number of aryl methyl sites for hydroxylation is 2. The van der Waals surface area contributed by atoms with Gasteiger partial charge in [0.15, 0.2) is 0 Å². The molecule has 0 aliphatic carbocycles. The Kier molecular flexibility index (Phi) is 8.08. The van der Waals surface area contributed by atoms with Gasteiger partial charge in [-0.1, -0.05) is 63.9 Å². The first kappa shape index (κ1) is 14.2. The lowest BCUT2D eigenvalue weighted by molar-refractivity contribution is 0.556. The average Bonchev–Trinajstić information content (AvgIpc) is 2.23.